The molecule has 3 heterocycles. The number of aromatic nitrogens is 2. The van der Waals surface area contributed by atoms with Gasteiger partial charge in [0.15, 0.2) is 11.5 Å². The zero-order valence-corrected chi connectivity index (χ0v) is 32.6. The maximum Gasteiger partial charge on any atom is 0.255 e. The molecule has 4 amide bonds. The number of unbranched alkanes of at least 4 members (excludes halogenated alkanes) is 5. The first-order chi connectivity index (χ1) is 26.1. The number of aryl methyl sites for hydroxylation is 1. The molecule has 0 aliphatic carbocycles. The third-order valence-electron chi connectivity index (χ3n) is 9.93. The van der Waals surface area contributed by atoms with Crippen molar-refractivity contribution in [1.29, 1.82) is 0 Å². The number of hydrogen-bond acceptors (Lipinski definition) is 9. The molecule has 1 unspecified atom stereocenters. The first-order valence-electron chi connectivity index (χ1n) is 18.6. The van der Waals surface area contributed by atoms with Gasteiger partial charge in [0.2, 0.25) is 17.7 Å². The number of piperidine rings is 1. The summed E-state index contributed by atoms with van der Waals surface area (Å²) in [5, 5.41) is 9.72. The lowest BCUT2D eigenvalue weighted by Crippen LogP contribution is -2.52. The Kier molecular flexibility index (Phi) is 12.8. The van der Waals surface area contributed by atoms with Gasteiger partial charge in [-0.05, 0) is 74.1 Å². The van der Waals surface area contributed by atoms with E-state index in [1.807, 2.05) is 43.3 Å². The number of nitrogens with one attached hydrogen (secondary N) is 3. The van der Waals surface area contributed by atoms with Crippen molar-refractivity contribution in [2.45, 2.75) is 96.8 Å². The number of methoxy groups -OCH3 is 1. The molecule has 3 aromatic carbocycles. The van der Waals surface area contributed by atoms with Crippen LogP contribution in [0.25, 0.3) is 10.9 Å². The second-order valence-electron chi connectivity index (χ2n) is 13.9. The third kappa shape index (κ3) is 9.54. The lowest BCUT2D eigenvalue weighted by atomic mass is 10.0. The van der Waals surface area contributed by atoms with Crippen LogP contribution < -0.4 is 25.4 Å². The van der Waals surface area contributed by atoms with Gasteiger partial charge in [-0.2, -0.15) is 0 Å². The highest BCUT2D eigenvalue weighted by Crippen LogP contribution is 2.36. The summed E-state index contributed by atoms with van der Waals surface area (Å²) in [4.78, 5) is 60.2. The average molecular weight is 800 g/mol. The number of amides is 4. The van der Waals surface area contributed by atoms with Crippen LogP contribution in [0.3, 0.4) is 0 Å². The number of carbonyl (C=O) groups is 4. The molecule has 284 valence electrons. The van der Waals surface area contributed by atoms with E-state index < -0.39 is 11.9 Å². The van der Waals surface area contributed by atoms with E-state index in [1.54, 1.807) is 13.2 Å². The predicted octanol–water partition coefficient (Wildman–Crippen LogP) is 7.07. The van der Waals surface area contributed by atoms with E-state index in [0.29, 0.717) is 55.4 Å². The molecule has 2 atom stereocenters. The number of anilines is 1. The summed E-state index contributed by atoms with van der Waals surface area (Å²) in [6, 6.07) is 16.9. The van der Waals surface area contributed by atoms with Gasteiger partial charge in [0.05, 0.1) is 25.3 Å². The van der Waals surface area contributed by atoms with Crippen molar-refractivity contribution in [3.05, 3.63) is 87.1 Å². The van der Waals surface area contributed by atoms with Gasteiger partial charge < -0.3 is 25.0 Å². The van der Waals surface area contributed by atoms with Crippen molar-refractivity contribution in [3.63, 3.8) is 0 Å². The predicted molar refractivity (Wildman–Crippen MR) is 209 cm³/mol. The fourth-order valence-corrected chi connectivity index (χ4v) is 7.42. The normalized spacial score (nSPS) is 15.9. The monoisotopic (exact) mass is 798 g/mol. The summed E-state index contributed by atoms with van der Waals surface area (Å²) in [6.07, 6.45) is 6.81. The van der Waals surface area contributed by atoms with Crippen molar-refractivity contribution in [3.8, 4) is 11.5 Å². The van der Waals surface area contributed by atoms with E-state index in [-0.39, 0.29) is 30.2 Å². The van der Waals surface area contributed by atoms with Gasteiger partial charge in [0.25, 0.3) is 5.91 Å². The number of imide groups is 1. The maximum absolute atomic E-state index is 12.9. The first-order valence-corrected chi connectivity index (χ1v) is 19.4. The summed E-state index contributed by atoms with van der Waals surface area (Å²) < 4.78 is 12.9. The van der Waals surface area contributed by atoms with Crippen LogP contribution in [-0.2, 0) is 27.5 Å². The van der Waals surface area contributed by atoms with Gasteiger partial charge in [0, 0.05) is 47.4 Å². The van der Waals surface area contributed by atoms with E-state index in [9.17, 15) is 19.2 Å². The highest BCUT2D eigenvalue weighted by Gasteiger charge is 2.39. The molecule has 6 rings (SSSR count). The molecule has 13 heteroatoms. The van der Waals surface area contributed by atoms with E-state index in [0.717, 1.165) is 76.4 Å². The van der Waals surface area contributed by atoms with Crippen LogP contribution in [0.15, 0.2) is 59.1 Å². The number of carbonyl (C=O) groups excluding carboxylic acids is 4. The molecule has 1 fully saturated rings. The summed E-state index contributed by atoms with van der Waals surface area (Å²) >= 11 is 3.56. The van der Waals surface area contributed by atoms with Crippen LogP contribution >= 0.6 is 15.9 Å². The number of fused-ring (bicyclic) bond motifs is 2. The molecule has 4 aromatic rings. The van der Waals surface area contributed by atoms with E-state index in [4.69, 9.17) is 14.5 Å². The minimum absolute atomic E-state index is 0.00297. The van der Waals surface area contributed by atoms with Crippen LogP contribution in [0.1, 0.15) is 104 Å². The smallest absolute Gasteiger partial charge is 0.255 e. The second kappa shape index (κ2) is 17.9. The largest absolute Gasteiger partial charge is 0.493 e. The molecule has 0 bridgehead atoms. The van der Waals surface area contributed by atoms with Crippen molar-refractivity contribution in [1.82, 2.24) is 25.5 Å². The van der Waals surface area contributed by atoms with Crippen LogP contribution in [-0.4, -0.2) is 58.3 Å². The number of ether oxygens (including phenoxy) is 2. The lowest BCUT2D eigenvalue weighted by molar-refractivity contribution is -0.137. The van der Waals surface area contributed by atoms with Gasteiger partial charge >= 0.3 is 0 Å². The minimum Gasteiger partial charge on any atom is -0.493 e. The van der Waals surface area contributed by atoms with E-state index in [2.05, 4.69) is 55.9 Å². The molecule has 0 radical (unpaired) electrons. The van der Waals surface area contributed by atoms with Gasteiger partial charge in [-0.25, -0.2) is 9.97 Å². The summed E-state index contributed by atoms with van der Waals surface area (Å²) in [5.41, 5.74) is 4.21. The highest BCUT2D eigenvalue weighted by atomic mass is 79.9. The molecule has 0 saturated carbocycles. The average Bonchev–Trinajstić information content (AvgIpc) is 3.47. The molecule has 12 nitrogen and oxygen atoms in total. The van der Waals surface area contributed by atoms with Crippen molar-refractivity contribution < 1.29 is 28.7 Å². The number of nitrogens with zero attached hydrogens (tertiary/aromatic N) is 3. The Balaban J connectivity index is 0.881. The summed E-state index contributed by atoms with van der Waals surface area (Å²) in [7, 11) is 1.64. The molecular formula is C41H47BrN6O6. The number of hydrogen-bond donors (Lipinski definition) is 3. The van der Waals surface area contributed by atoms with Gasteiger partial charge in [-0.1, -0.05) is 65.9 Å². The summed E-state index contributed by atoms with van der Waals surface area (Å²) in [5.74, 6) is 1.75. The van der Waals surface area contributed by atoms with E-state index in [1.165, 1.54) is 4.90 Å². The SMILES string of the molecule is COc1cc2c(N[C@H](C)c3cccc(Br)c3)nc(C)nc2cc1OCCCCCCCCC(=O)NCc1ccc2c(c1)CN(C1CCC(=O)NC1=O)C2=O. The van der Waals surface area contributed by atoms with Crippen LogP contribution in [0.2, 0.25) is 0 Å². The number of halogens is 1. The van der Waals surface area contributed by atoms with Crippen LogP contribution in [0.5, 0.6) is 11.5 Å². The van der Waals surface area contributed by atoms with Gasteiger partial charge in [-0.15, -0.1) is 0 Å². The third-order valence-corrected chi connectivity index (χ3v) is 10.4. The minimum atomic E-state index is -0.644. The number of benzene rings is 3. The fraction of sp³-hybridized carbons (Fsp3) is 0.415. The Hall–Kier alpha value is -5.04. The molecule has 1 aromatic heterocycles. The zero-order chi connectivity index (χ0) is 38.2. The molecule has 0 spiro atoms. The highest BCUT2D eigenvalue weighted by molar-refractivity contribution is 9.10. The molecule has 2 aliphatic heterocycles. The molecule has 1 saturated heterocycles. The lowest BCUT2D eigenvalue weighted by Gasteiger charge is -2.29. The van der Waals surface area contributed by atoms with Crippen LogP contribution in [0.4, 0.5) is 5.82 Å². The van der Waals surface area contributed by atoms with Crippen molar-refractivity contribution in [2.24, 2.45) is 0 Å². The summed E-state index contributed by atoms with van der Waals surface area (Å²) in [6.45, 7) is 5.23. The van der Waals surface area contributed by atoms with Crippen molar-refractivity contribution in [2.75, 3.05) is 19.0 Å². The maximum atomic E-state index is 12.9. The number of rotatable bonds is 17. The quantitative estimate of drug-likeness (QED) is 0.0753. The van der Waals surface area contributed by atoms with Gasteiger partial charge in [0.1, 0.15) is 17.7 Å². The fourth-order valence-electron chi connectivity index (χ4n) is 7.00. The zero-order valence-electron chi connectivity index (χ0n) is 31.0. The Labute approximate surface area is 323 Å². The Morgan fingerprint density at radius 3 is 2.57 bits per heavy atom. The second-order valence-corrected chi connectivity index (χ2v) is 14.9. The first kappa shape index (κ1) is 38.7. The molecule has 3 N–H and O–H groups in total. The molecule has 54 heavy (non-hydrogen) atoms. The Morgan fingerprint density at radius 2 is 1.80 bits per heavy atom. The Bertz CT molecular complexity index is 2040. The van der Waals surface area contributed by atoms with Crippen LogP contribution in [0, 0.1) is 6.92 Å². The molecule has 2 aliphatic rings. The van der Waals surface area contributed by atoms with Crippen molar-refractivity contribution >= 4 is 56.3 Å². The Morgan fingerprint density at radius 1 is 1.00 bits per heavy atom. The topological polar surface area (TPSA) is 152 Å². The molecular weight excluding hydrogens is 752 g/mol. The standard InChI is InChI=1S/C41H47BrN6O6/c1-25(28-11-10-12-30(42)20-28)44-39-32-21-35(53-3)36(22-33(32)45-26(2)46-39)54-18-9-7-5-4-6-8-13-37(49)43-23-27-14-15-31-29(19-27)24-48(41(31)52)34-16-17-38(50)47-40(34)51/h10-12,14-15,19-22,25,34H,4-9,13,16-18,23-24H2,1-3H3,(H,43,49)(H,44,45,46)(H,47,50,51)/t25-,34?/m1/s1. The van der Waals surface area contributed by atoms with E-state index >= 15 is 0 Å². The van der Waals surface area contributed by atoms with Gasteiger partial charge in [-0.3, -0.25) is 24.5 Å².